The molecule has 0 aromatic rings. The lowest BCUT2D eigenvalue weighted by molar-refractivity contribution is -0.0160. The minimum Gasteiger partial charge on any atom is -0.329 e. The number of piperidine rings is 1. The monoisotopic (exact) mass is 239 g/mol. The van der Waals surface area contributed by atoms with Gasteiger partial charge in [0, 0.05) is 37.8 Å². The highest BCUT2D eigenvalue weighted by atomic mass is 15.3. The Morgan fingerprint density at radius 2 is 2.00 bits per heavy atom. The normalized spacial score (nSPS) is 33.7. The summed E-state index contributed by atoms with van der Waals surface area (Å²) < 4.78 is 0. The van der Waals surface area contributed by atoms with Crippen molar-refractivity contribution in [2.45, 2.75) is 58.2 Å². The molecule has 17 heavy (non-hydrogen) atoms. The first-order valence-corrected chi connectivity index (χ1v) is 7.33. The van der Waals surface area contributed by atoms with Gasteiger partial charge in [-0.1, -0.05) is 20.3 Å². The van der Waals surface area contributed by atoms with E-state index in [0.717, 1.165) is 12.6 Å². The van der Waals surface area contributed by atoms with Gasteiger partial charge in [-0.05, 0) is 32.2 Å². The molecular weight excluding hydrogens is 210 g/mol. The Balaban J connectivity index is 2.03. The van der Waals surface area contributed by atoms with Crippen LogP contribution in [-0.4, -0.2) is 54.1 Å². The highest BCUT2D eigenvalue weighted by molar-refractivity contribution is 4.92. The van der Waals surface area contributed by atoms with E-state index in [9.17, 15) is 0 Å². The van der Waals surface area contributed by atoms with E-state index in [1.165, 1.54) is 38.9 Å². The van der Waals surface area contributed by atoms with Crippen molar-refractivity contribution in [3.05, 3.63) is 0 Å². The summed E-state index contributed by atoms with van der Waals surface area (Å²) in [5.41, 5.74) is 5.98. The molecule has 3 nitrogen and oxygen atoms in total. The quantitative estimate of drug-likeness (QED) is 0.810. The first kappa shape index (κ1) is 13.3. The lowest BCUT2D eigenvalue weighted by Gasteiger charge is -2.50. The second-order valence-electron chi connectivity index (χ2n) is 6.24. The predicted molar refractivity (Wildman–Crippen MR) is 73.1 cm³/mol. The second-order valence-corrected chi connectivity index (χ2v) is 6.24. The zero-order valence-electron chi connectivity index (χ0n) is 11.7. The minimum absolute atomic E-state index is 0.564. The number of nitrogens with zero attached hydrogens (tertiary/aromatic N) is 2. The Morgan fingerprint density at radius 3 is 2.65 bits per heavy atom. The fraction of sp³-hybridized carbons (Fsp3) is 1.00. The van der Waals surface area contributed by atoms with Crippen LogP contribution in [0.4, 0.5) is 0 Å². The Morgan fingerprint density at radius 1 is 1.24 bits per heavy atom. The zero-order chi connectivity index (χ0) is 12.4. The van der Waals surface area contributed by atoms with E-state index in [0.29, 0.717) is 18.0 Å². The third-order valence-electron chi connectivity index (χ3n) is 4.67. The number of fused-ring (bicyclic) bond motifs is 1. The maximum Gasteiger partial charge on any atom is 0.0245 e. The fourth-order valence-corrected chi connectivity index (χ4v) is 3.63. The maximum atomic E-state index is 5.98. The average molecular weight is 239 g/mol. The molecule has 0 radical (unpaired) electrons. The highest BCUT2D eigenvalue weighted by Gasteiger charge is 2.36. The third kappa shape index (κ3) is 2.83. The Labute approximate surface area is 106 Å². The maximum absolute atomic E-state index is 5.98. The van der Waals surface area contributed by atoms with Crippen molar-refractivity contribution in [2.75, 3.05) is 26.2 Å². The van der Waals surface area contributed by atoms with Gasteiger partial charge in [-0.15, -0.1) is 0 Å². The molecule has 3 heteroatoms. The van der Waals surface area contributed by atoms with Gasteiger partial charge < -0.3 is 5.73 Å². The van der Waals surface area contributed by atoms with Crippen LogP contribution in [0.25, 0.3) is 0 Å². The van der Waals surface area contributed by atoms with Crippen LogP contribution in [-0.2, 0) is 0 Å². The van der Waals surface area contributed by atoms with Crippen molar-refractivity contribution in [1.29, 1.82) is 0 Å². The van der Waals surface area contributed by atoms with E-state index >= 15 is 0 Å². The molecule has 2 aliphatic heterocycles. The standard InChI is InChI=1S/C14H29N3/c1-11(2)14(8-15)17-10-13-6-4-5-7-16(13)9-12(17)3/h11-14H,4-10,15H2,1-3H3. The van der Waals surface area contributed by atoms with Gasteiger partial charge in [-0.2, -0.15) is 0 Å². The van der Waals surface area contributed by atoms with Crippen LogP contribution in [0.5, 0.6) is 0 Å². The lowest BCUT2D eigenvalue weighted by atomic mass is 9.93. The van der Waals surface area contributed by atoms with Gasteiger partial charge in [0.25, 0.3) is 0 Å². The molecule has 2 rings (SSSR count). The Kier molecular flexibility index (Phi) is 4.45. The van der Waals surface area contributed by atoms with Gasteiger partial charge in [-0.3, -0.25) is 9.80 Å². The smallest absolute Gasteiger partial charge is 0.0245 e. The molecule has 2 saturated heterocycles. The molecular formula is C14H29N3. The van der Waals surface area contributed by atoms with E-state index < -0.39 is 0 Å². The molecule has 2 heterocycles. The van der Waals surface area contributed by atoms with Crippen molar-refractivity contribution >= 4 is 0 Å². The van der Waals surface area contributed by atoms with Crippen LogP contribution < -0.4 is 5.73 Å². The van der Waals surface area contributed by atoms with Crippen LogP contribution >= 0.6 is 0 Å². The summed E-state index contributed by atoms with van der Waals surface area (Å²) in [6.45, 7) is 11.6. The van der Waals surface area contributed by atoms with Gasteiger partial charge in [-0.25, -0.2) is 0 Å². The Hall–Kier alpha value is -0.120. The molecule has 0 saturated carbocycles. The van der Waals surface area contributed by atoms with Gasteiger partial charge in [0.1, 0.15) is 0 Å². The first-order valence-electron chi connectivity index (χ1n) is 7.33. The number of hydrogen-bond acceptors (Lipinski definition) is 3. The van der Waals surface area contributed by atoms with E-state index in [2.05, 4.69) is 30.6 Å². The second kappa shape index (κ2) is 5.68. The first-order chi connectivity index (χ1) is 8.13. The van der Waals surface area contributed by atoms with Crippen LogP contribution in [0.2, 0.25) is 0 Å². The summed E-state index contributed by atoms with van der Waals surface area (Å²) in [7, 11) is 0. The van der Waals surface area contributed by atoms with Crippen molar-refractivity contribution in [3.63, 3.8) is 0 Å². The van der Waals surface area contributed by atoms with Crippen LogP contribution in [0.3, 0.4) is 0 Å². The fourth-order valence-electron chi connectivity index (χ4n) is 3.63. The molecule has 2 fully saturated rings. The van der Waals surface area contributed by atoms with Gasteiger partial charge in [0.05, 0.1) is 0 Å². The molecule has 0 spiro atoms. The summed E-state index contributed by atoms with van der Waals surface area (Å²) in [4.78, 5) is 5.38. The number of hydrogen-bond donors (Lipinski definition) is 1. The lowest BCUT2D eigenvalue weighted by Crippen LogP contribution is -2.63. The predicted octanol–water partition coefficient (Wildman–Crippen LogP) is 1.53. The van der Waals surface area contributed by atoms with Crippen LogP contribution in [0.15, 0.2) is 0 Å². The summed E-state index contributed by atoms with van der Waals surface area (Å²) in [6, 6.07) is 2.03. The van der Waals surface area contributed by atoms with Crippen LogP contribution in [0.1, 0.15) is 40.0 Å². The molecule has 0 amide bonds. The van der Waals surface area contributed by atoms with Crippen molar-refractivity contribution in [1.82, 2.24) is 9.80 Å². The minimum atomic E-state index is 0.564. The van der Waals surface area contributed by atoms with Crippen LogP contribution in [0, 0.1) is 5.92 Å². The highest BCUT2D eigenvalue weighted by Crippen LogP contribution is 2.26. The number of rotatable bonds is 3. The molecule has 100 valence electrons. The van der Waals surface area contributed by atoms with E-state index in [-0.39, 0.29) is 0 Å². The molecule has 2 aliphatic rings. The summed E-state index contributed by atoms with van der Waals surface area (Å²) >= 11 is 0. The molecule has 0 aromatic carbocycles. The third-order valence-corrected chi connectivity index (χ3v) is 4.67. The van der Waals surface area contributed by atoms with Gasteiger partial charge in [0.2, 0.25) is 0 Å². The Bertz CT molecular complexity index is 242. The van der Waals surface area contributed by atoms with Gasteiger partial charge >= 0.3 is 0 Å². The number of piperazine rings is 1. The summed E-state index contributed by atoms with van der Waals surface area (Å²) in [5.74, 6) is 0.664. The van der Waals surface area contributed by atoms with Gasteiger partial charge in [0.15, 0.2) is 0 Å². The molecule has 0 aromatic heterocycles. The van der Waals surface area contributed by atoms with Crippen molar-refractivity contribution in [2.24, 2.45) is 11.7 Å². The van der Waals surface area contributed by atoms with E-state index in [1.807, 2.05) is 0 Å². The number of nitrogens with two attached hydrogens (primary N) is 1. The molecule has 3 unspecified atom stereocenters. The zero-order valence-corrected chi connectivity index (χ0v) is 11.7. The molecule has 2 N–H and O–H groups in total. The largest absolute Gasteiger partial charge is 0.329 e. The SMILES string of the molecule is CC(C)C(CN)N1CC2CCCCN2CC1C. The topological polar surface area (TPSA) is 32.5 Å². The van der Waals surface area contributed by atoms with Crippen molar-refractivity contribution < 1.29 is 0 Å². The summed E-state index contributed by atoms with van der Waals surface area (Å²) in [6.07, 6.45) is 4.20. The van der Waals surface area contributed by atoms with Crippen molar-refractivity contribution in [3.8, 4) is 0 Å². The average Bonchev–Trinajstić information content (AvgIpc) is 2.30. The van der Waals surface area contributed by atoms with E-state index in [1.54, 1.807) is 0 Å². The molecule has 3 atom stereocenters. The summed E-state index contributed by atoms with van der Waals surface area (Å²) in [5, 5.41) is 0. The molecule has 0 bridgehead atoms. The molecule has 0 aliphatic carbocycles. The van der Waals surface area contributed by atoms with E-state index in [4.69, 9.17) is 5.73 Å².